The second-order valence-corrected chi connectivity index (χ2v) is 4.20. The first-order valence-corrected chi connectivity index (χ1v) is 5.12. The van der Waals surface area contributed by atoms with Crippen LogP contribution in [0.5, 0.6) is 0 Å². The highest BCUT2D eigenvalue weighted by molar-refractivity contribution is 6.05. The maximum absolute atomic E-state index is 11.9. The summed E-state index contributed by atoms with van der Waals surface area (Å²) in [6.07, 6.45) is 0. The standard InChI is InChI=1S/C10H14N4O3/c1-10(2)9(17)14(8(16)5-13-10)6-7(15)12-4-3-11/h13H,4-6H2,1-2H3,(H,12,15). The molecule has 0 saturated carbocycles. The van der Waals surface area contributed by atoms with Crippen molar-refractivity contribution in [3.05, 3.63) is 0 Å². The van der Waals surface area contributed by atoms with Crippen molar-refractivity contribution in [1.82, 2.24) is 15.5 Å². The molecule has 1 fully saturated rings. The van der Waals surface area contributed by atoms with Crippen LogP contribution in [0, 0.1) is 11.3 Å². The van der Waals surface area contributed by atoms with Gasteiger partial charge in [0, 0.05) is 0 Å². The Morgan fingerprint density at radius 2 is 2.24 bits per heavy atom. The van der Waals surface area contributed by atoms with Crippen LogP contribution in [-0.4, -0.2) is 47.8 Å². The van der Waals surface area contributed by atoms with E-state index in [1.807, 2.05) is 0 Å². The highest BCUT2D eigenvalue weighted by atomic mass is 16.2. The van der Waals surface area contributed by atoms with E-state index < -0.39 is 23.3 Å². The molecule has 92 valence electrons. The zero-order valence-corrected chi connectivity index (χ0v) is 9.74. The van der Waals surface area contributed by atoms with Crippen molar-refractivity contribution in [1.29, 1.82) is 5.26 Å². The first-order valence-electron chi connectivity index (χ1n) is 5.12. The van der Waals surface area contributed by atoms with Crippen LogP contribution in [0.3, 0.4) is 0 Å². The lowest BCUT2D eigenvalue weighted by atomic mass is 10.0. The van der Waals surface area contributed by atoms with Gasteiger partial charge in [-0.1, -0.05) is 0 Å². The molecule has 1 rings (SSSR count). The number of nitriles is 1. The Balaban J connectivity index is 2.68. The number of rotatable bonds is 3. The number of carbonyl (C=O) groups is 3. The topological polar surface area (TPSA) is 102 Å². The molecule has 2 N–H and O–H groups in total. The minimum Gasteiger partial charge on any atom is -0.341 e. The fraction of sp³-hybridized carbons (Fsp3) is 0.600. The molecule has 17 heavy (non-hydrogen) atoms. The molecule has 1 saturated heterocycles. The minimum absolute atomic E-state index is 0.0181. The first-order chi connectivity index (χ1) is 7.88. The molecule has 0 aliphatic carbocycles. The molecule has 3 amide bonds. The molecule has 0 bridgehead atoms. The Morgan fingerprint density at radius 1 is 1.59 bits per heavy atom. The summed E-state index contributed by atoms with van der Waals surface area (Å²) in [6, 6.07) is 1.74. The number of carbonyl (C=O) groups excluding carboxylic acids is 3. The van der Waals surface area contributed by atoms with Crippen molar-refractivity contribution in [2.75, 3.05) is 19.6 Å². The van der Waals surface area contributed by atoms with Crippen molar-refractivity contribution in [3.8, 4) is 6.07 Å². The lowest BCUT2D eigenvalue weighted by Gasteiger charge is -2.36. The van der Waals surface area contributed by atoms with E-state index >= 15 is 0 Å². The zero-order chi connectivity index (χ0) is 13.1. The summed E-state index contributed by atoms with van der Waals surface area (Å²) in [4.78, 5) is 35.6. The molecule has 1 heterocycles. The van der Waals surface area contributed by atoms with Gasteiger partial charge >= 0.3 is 0 Å². The van der Waals surface area contributed by atoms with E-state index in [0.29, 0.717) is 0 Å². The summed E-state index contributed by atoms with van der Waals surface area (Å²) in [7, 11) is 0. The zero-order valence-electron chi connectivity index (χ0n) is 9.74. The summed E-state index contributed by atoms with van der Waals surface area (Å²) in [5.41, 5.74) is -0.858. The Labute approximate surface area is 98.8 Å². The fourth-order valence-corrected chi connectivity index (χ4v) is 1.42. The average Bonchev–Trinajstić information content (AvgIpc) is 2.27. The van der Waals surface area contributed by atoms with Crippen molar-refractivity contribution < 1.29 is 14.4 Å². The van der Waals surface area contributed by atoms with Crippen molar-refractivity contribution in [3.63, 3.8) is 0 Å². The molecule has 7 nitrogen and oxygen atoms in total. The molecule has 0 unspecified atom stereocenters. The predicted octanol–water partition coefficient (Wildman–Crippen LogP) is -1.64. The molecular formula is C10H14N4O3. The van der Waals surface area contributed by atoms with Gasteiger partial charge < -0.3 is 5.32 Å². The van der Waals surface area contributed by atoms with Gasteiger partial charge in [0.1, 0.15) is 13.1 Å². The number of hydrogen-bond acceptors (Lipinski definition) is 5. The van der Waals surface area contributed by atoms with Crippen LogP contribution in [0.2, 0.25) is 0 Å². The van der Waals surface area contributed by atoms with Crippen molar-refractivity contribution in [2.24, 2.45) is 0 Å². The SMILES string of the molecule is CC1(C)NCC(=O)N(CC(=O)NCC#N)C1=O. The second-order valence-electron chi connectivity index (χ2n) is 4.20. The van der Waals surface area contributed by atoms with Crippen LogP contribution in [0.1, 0.15) is 13.8 Å². The maximum atomic E-state index is 11.9. The van der Waals surface area contributed by atoms with Crippen LogP contribution in [-0.2, 0) is 14.4 Å². The highest BCUT2D eigenvalue weighted by Gasteiger charge is 2.40. The summed E-state index contributed by atoms with van der Waals surface area (Å²) < 4.78 is 0. The number of nitrogens with zero attached hydrogens (tertiary/aromatic N) is 2. The fourth-order valence-electron chi connectivity index (χ4n) is 1.42. The van der Waals surface area contributed by atoms with Gasteiger partial charge in [-0.15, -0.1) is 0 Å². The second kappa shape index (κ2) is 4.93. The molecule has 0 spiro atoms. The third-order valence-electron chi connectivity index (χ3n) is 2.43. The first kappa shape index (κ1) is 13.1. The normalized spacial score (nSPS) is 18.8. The summed E-state index contributed by atoms with van der Waals surface area (Å²) in [5.74, 6) is -1.41. The van der Waals surface area contributed by atoms with Gasteiger partial charge in [-0.2, -0.15) is 5.26 Å². The third-order valence-corrected chi connectivity index (χ3v) is 2.43. The molecule has 7 heteroatoms. The van der Waals surface area contributed by atoms with Crippen LogP contribution in [0.4, 0.5) is 0 Å². The Hall–Kier alpha value is -1.94. The van der Waals surface area contributed by atoms with Gasteiger partial charge in [0.15, 0.2) is 0 Å². The molecule has 0 aromatic heterocycles. The molecule has 0 atom stereocenters. The van der Waals surface area contributed by atoms with Gasteiger partial charge in [-0.3, -0.25) is 24.6 Å². The van der Waals surface area contributed by atoms with Gasteiger partial charge in [-0.25, -0.2) is 0 Å². The molecule has 1 aliphatic heterocycles. The van der Waals surface area contributed by atoms with Crippen LogP contribution in [0.25, 0.3) is 0 Å². The maximum Gasteiger partial charge on any atom is 0.249 e. The largest absolute Gasteiger partial charge is 0.341 e. The third kappa shape index (κ3) is 3.01. The van der Waals surface area contributed by atoms with Gasteiger partial charge in [0.05, 0.1) is 18.2 Å². The lowest BCUT2D eigenvalue weighted by Crippen LogP contribution is -2.64. The summed E-state index contributed by atoms with van der Waals surface area (Å²) in [6.45, 7) is 2.81. The van der Waals surface area contributed by atoms with Crippen LogP contribution < -0.4 is 10.6 Å². The minimum atomic E-state index is -0.858. The van der Waals surface area contributed by atoms with Gasteiger partial charge in [-0.05, 0) is 13.8 Å². The molecule has 0 aromatic rings. The lowest BCUT2D eigenvalue weighted by molar-refractivity contribution is -0.154. The van der Waals surface area contributed by atoms with E-state index in [0.717, 1.165) is 4.90 Å². The van der Waals surface area contributed by atoms with Gasteiger partial charge in [0.25, 0.3) is 0 Å². The van der Waals surface area contributed by atoms with E-state index in [4.69, 9.17) is 5.26 Å². The molecular weight excluding hydrogens is 224 g/mol. The molecule has 0 aromatic carbocycles. The smallest absolute Gasteiger partial charge is 0.249 e. The van der Waals surface area contributed by atoms with Crippen LogP contribution >= 0.6 is 0 Å². The molecule has 0 radical (unpaired) electrons. The Morgan fingerprint density at radius 3 is 2.82 bits per heavy atom. The van der Waals surface area contributed by atoms with E-state index in [1.165, 1.54) is 0 Å². The van der Waals surface area contributed by atoms with Crippen LogP contribution in [0.15, 0.2) is 0 Å². The number of nitrogens with one attached hydrogen (secondary N) is 2. The van der Waals surface area contributed by atoms with E-state index in [-0.39, 0.29) is 19.6 Å². The summed E-state index contributed by atoms with van der Waals surface area (Å²) in [5, 5.41) is 13.3. The average molecular weight is 238 g/mol. The number of piperazine rings is 1. The monoisotopic (exact) mass is 238 g/mol. The van der Waals surface area contributed by atoms with E-state index in [9.17, 15) is 14.4 Å². The Bertz CT molecular complexity index is 397. The van der Waals surface area contributed by atoms with Crippen molar-refractivity contribution >= 4 is 17.7 Å². The van der Waals surface area contributed by atoms with E-state index in [2.05, 4.69) is 10.6 Å². The van der Waals surface area contributed by atoms with E-state index in [1.54, 1.807) is 19.9 Å². The quantitative estimate of drug-likeness (QED) is 0.453. The van der Waals surface area contributed by atoms with Gasteiger partial charge in [0.2, 0.25) is 17.7 Å². The van der Waals surface area contributed by atoms with Crippen molar-refractivity contribution in [2.45, 2.75) is 19.4 Å². The molecule has 1 aliphatic rings. The number of amides is 3. The highest BCUT2D eigenvalue weighted by Crippen LogP contribution is 2.12. The Kier molecular flexibility index (Phi) is 3.81. The summed E-state index contributed by atoms with van der Waals surface area (Å²) >= 11 is 0. The number of hydrogen-bond donors (Lipinski definition) is 2. The number of imide groups is 1. The predicted molar refractivity (Wildman–Crippen MR) is 57.4 cm³/mol.